The molecule has 0 radical (unpaired) electrons. The van der Waals surface area contributed by atoms with Crippen molar-refractivity contribution in [2.45, 2.75) is 6.92 Å². The molecule has 2 heterocycles. The molecule has 92 valence electrons. The van der Waals surface area contributed by atoms with Crippen LogP contribution < -0.4 is 5.73 Å². The largest absolute Gasteiger partial charge is 0.508 e. The third-order valence-electron chi connectivity index (χ3n) is 3.30. The molecule has 0 bridgehead atoms. The lowest BCUT2D eigenvalue weighted by molar-refractivity contribution is 0.432. The van der Waals surface area contributed by atoms with Gasteiger partial charge in [-0.1, -0.05) is 5.16 Å². The van der Waals surface area contributed by atoms with Gasteiger partial charge in [-0.15, -0.1) is 0 Å². The second-order valence-electron chi connectivity index (χ2n) is 4.33. The SMILES string of the molecule is Cc1c(-c2oncc2N)c2cc(O)ccc2n1C. The van der Waals surface area contributed by atoms with E-state index in [2.05, 4.69) is 5.16 Å². The summed E-state index contributed by atoms with van der Waals surface area (Å²) in [6.45, 7) is 1.98. The fraction of sp³-hybridized carbons (Fsp3) is 0.154. The number of nitrogen functional groups attached to an aromatic ring is 1. The molecule has 0 fully saturated rings. The van der Waals surface area contributed by atoms with E-state index < -0.39 is 0 Å². The zero-order valence-electron chi connectivity index (χ0n) is 10.1. The Kier molecular flexibility index (Phi) is 2.10. The summed E-state index contributed by atoms with van der Waals surface area (Å²) < 4.78 is 7.26. The highest BCUT2D eigenvalue weighted by molar-refractivity contribution is 5.99. The number of benzene rings is 1. The number of rotatable bonds is 1. The van der Waals surface area contributed by atoms with Crippen molar-refractivity contribution in [2.24, 2.45) is 7.05 Å². The average molecular weight is 243 g/mol. The van der Waals surface area contributed by atoms with Crippen LogP contribution in [0.25, 0.3) is 22.2 Å². The van der Waals surface area contributed by atoms with E-state index in [0.717, 1.165) is 22.2 Å². The second-order valence-corrected chi connectivity index (χ2v) is 4.33. The van der Waals surface area contributed by atoms with Crippen LogP contribution >= 0.6 is 0 Å². The highest BCUT2D eigenvalue weighted by Gasteiger charge is 2.19. The van der Waals surface area contributed by atoms with Crippen LogP contribution in [0.3, 0.4) is 0 Å². The summed E-state index contributed by atoms with van der Waals surface area (Å²) in [7, 11) is 1.96. The molecule has 0 spiro atoms. The Morgan fingerprint density at radius 1 is 1.39 bits per heavy atom. The third kappa shape index (κ3) is 1.30. The van der Waals surface area contributed by atoms with Crippen LogP contribution in [0.15, 0.2) is 28.9 Å². The molecular weight excluding hydrogens is 230 g/mol. The van der Waals surface area contributed by atoms with Crippen LogP contribution in [0.1, 0.15) is 5.69 Å². The molecule has 1 aromatic carbocycles. The second kappa shape index (κ2) is 3.53. The number of phenols is 1. The van der Waals surface area contributed by atoms with Crippen molar-refractivity contribution in [1.29, 1.82) is 0 Å². The fourth-order valence-corrected chi connectivity index (χ4v) is 2.28. The van der Waals surface area contributed by atoms with Crippen LogP contribution in [0.4, 0.5) is 5.69 Å². The van der Waals surface area contributed by atoms with Gasteiger partial charge in [-0.25, -0.2) is 0 Å². The summed E-state index contributed by atoms with van der Waals surface area (Å²) in [5, 5.41) is 14.2. The van der Waals surface area contributed by atoms with Crippen LogP contribution in [0.2, 0.25) is 0 Å². The van der Waals surface area contributed by atoms with Gasteiger partial charge in [0.2, 0.25) is 0 Å². The van der Waals surface area contributed by atoms with E-state index in [-0.39, 0.29) is 5.75 Å². The topological polar surface area (TPSA) is 77.2 Å². The van der Waals surface area contributed by atoms with Crippen molar-refractivity contribution in [2.75, 3.05) is 5.73 Å². The molecule has 0 unspecified atom stereocenters. The molecule has 5 heteroatoms. The number of anilines is 1. The zero-order chi connectivity index (χ0) is 12.9. The molecule has 0 atom stereocenters. The van der Waals surface area contributed by atoms with Crippen molar-refractivity contribution in [1.82, 2.24) is 9.72 Å². The van der Waals surface area contributed by atoms with Crippen LogP contribution in [0.5, 0.6) is 5.75 Å². The molecule has 18 heavy (non-hydrogen) atoms. The Morgan fingerprint density at radius 2 is 2.17 bits per heavy atom. The van der Waals surface area contributed by atoms with Gasteiger partial charge in [0.1, 0.15) is 11.4 Å². The summed E-state index contributed by atoms with van der Waals surface area (Å²) in [5.41, 5.74) is 9.24. The van der Waals surface area contributed by atoms with E-state index in [4.69, 9.17) is 10.3 Å². The maximum atomic E-state index is 9.63. The highest BCUT2D eigenvalue weighted by atomic mass is 16.5. The van der Waals surface area contributed by atoms with Gasteiger partial charge < -0.3 is 19.9 Å². The molecule has 0 saturated carbocycles. The van der Waals surface area contributed by atoms with E-state index in [1.165, 1.54) is 6.20 Å². The van der Waals surface area contributed by atoms with Crippen LogP contribution in [0, 0.1) is 6.92 Å². The van der Waals surface area contributed by atoms with Gasteiger partial charge in [-0.2, -0.15) is 0 Å². The summed E-state index contributed by atoms with van der Waals surface area (Å²) in [6.07, 6.45) is 1.48. The molecule has 3 aromatic rings. The van der Waals surface area contributed by atoms with Crippen LogP contribution in [-0.4, -0.2) is 14.8 Å². The molecule has 0 saturated heterocycles. The number of aryl methyl sites for hydroxylation is 1. The fourth-order valence-electron chi connectivity index (χ4n) is 2.28. The number of aromatic nitrogens is 2. The van der Waals surface area contributed by atoms with Crippen molar-refractivity contribution in [3.8, 4) is 17.1 Å². The first kappa shape index (κ1) is 10.7. The number of aromatic hydroxyl groups is 1. The number of nitrogens with zero attached hydrogens (tertiary/aromatic N) is 2. The number of nitrogens with two attached hydrogens (primary N) is 1. The molecular formula is C13H13N3O2. The Bertz CT molecular complexity index is 740. The van der Waals surface area contributed by atoms with Gasteiger partial charge in [-0.3, -0.25) is 0 Å². The number of fused-ring (bicyclic) bond motifs is 1. The minimum Gasteiger partial charge on any atom is -0.508 e. The molecule has 0 aliphatic carbocycles. The van der Waals surface area contributed by atoms with Crippen LogP contribution in [-0.2, 0) is 7.05 Å². The molecule has 0 aliphatic rings. The van der Waals surface area contributed by atoms with Crippen molar-refractivity contribution in [3.63, 3.8) is 0 Å². The highest BCUT2D eigenvalue weighted by Crippen LogP contribution is 2.38. The monoisotopic (exact) mass is 243 g/mol. The average Bonchev–Trinajstić information content (AvgIpc) is 2.84. The first-order valence-electron chi connectivity index (χ1n) is 5.58. The van der Waals surface area contributed by atoms with E-state index in [1.807, 2.05) is 24.6 Å². The lowest BCUT2D eigenvalue weighted by atomic mass is 10.1. The maximum absolute atomic E-state index is 9.63. The predicted octanol–water partition coefficient (Wildman–Crippen LogP) is 2.43. The lowest BCUT2D eigenvalue weighted by Crippen LogP contribution is -1.91. The Balaban J connectivity index is 2.45. The van der Waals surface area contributed by atoms with E-state index >= 15 is 0 Å². The van der Waals surface area contributed by atoms with Gasteiger partial charge in [-0.05, 0) is 25.1 Å². The smallest absolute Gasteiger partial charge is 0.192 e. The number of phenolic OH excluding ortho intramolecular Hbond substituents is 1. The third-order valence-corrected chi connectivity index (χ3v) is 3.30. The summed E-state index contributed by atoms with van der Waals surface area (Å²) in [6, 6.07) is 5.24. The van der Waals surface area contributed by atoms with Gasteiger partial charge in [0.15, 0.2) is 5.76 Å². The Hall–Kier alpha value is -2.43. The Morgan fingerprint density at radius 3 is 2.83 bits per heavy atom. The minimum absolute atomic E-state index is 0.215. The summed E-state index contributed by atoms with van der Waals surface area (Å²) in [4.78, 5) is 0. The quantitative estimate of drug-likeness (QED) is 0.688. The van der Waals surface area contributed by atoms with E-state index in [0.29, 0.717) is 11.4 Å². The predicted molar refractivity (Wildman–Crippen MR) is 69.2 cm³/mol. The van der Waals surface area contributed by atoms with E-state index in [1.54, 1.807) is 12.1 Å². The normalized spacial score (nSPS) is 11.2. The zero-order valence-corrected chi connectivity index (χ0v) is 10.1. The summed E-state index contributed by atoms with van der Waals surface area (Å²) >= 11 is 0. The first-order valence-corrected chi connectivity index (χ1v) is 5.58. The minimum atomic E-state index is 0.215. The summed E-state index contributed by atoms with van der Waals surface area (Å²) in [5.74, 6) is 0.760. The van der Waals surface area contributed by atoms with Gasteiger partial charge >= 0.3 is 0 Å². The Labute approximate surface area is 103 Å². The first-order chi connectivity index (χ1) is 8.59. The van der Waals surface area contributed by atoms with Crippen molar-refractivity contribution >= 4 is 16.6 Å². The molecule has 3 N–H and O–H groups in total. The number of hydrogen-bond acceptors (Lipinski definition) is 4. The molecule has 3 rings (SSSR count). The molecule has 2 aromatic heterocycles. The van der Waals surface area contributed by atoms with E-state index in [9.17, 15) is 5.11 Å². The maximum Gasteiger partial charge on any atom is 0.192 e. The lowest BCUT2D eigenvalue weighted by Gasteiger charge is -1.99. The molecule has 0 aliphatic heterocycles. The van der Waals surface area contributed by atoms with Crippen molar-refractivity contribution < 1.29 is 9.63 Å². The molecule has 0 amide bonds. The van der Waals surface area contributed by atoms with Gasteiger partial charge in [0.05, 0.1) is 11.8 Å². The number of hydrogen-bond donors (Lipinski definition) is 2. The standard InChI is InChI=1S/C13H13N3O2/c1-7-12(13-10(14)6-15-18-13)9-5-8(17)3-4-11(9)16(7)2/h3-6,17H,14H2,1-2H3. The van der Waals surface area contributed by atoms with Crippen molar-refractivity contribution in [3.05, 3.63) is 30.1 Å². The van der Waals surface area contributed by atoms with Gasteiger partial charge in [0.25, 0.3) is 0 Å². The molecule has 5 nitrogen and oxygen atoms in total. The van der Waals surface area contributed by atoms with Gasteiger partial charge in [0, 0.05) is 23.6 Å².